The van der Waals surface area contributed by atoms with E-state index in [1.54, 1.807) is 18.2 Å². The molecule has 30 heavy (non-hydrogen) atoms. The van der Waals surface area contributed by atoms with Crippen molar-refractivity contribution in [2.45, 2.75) is 18.3 Å². The lowest BCUT2D eigenvalue weighted by atomic mass is 9.86. The third-order valence-electron chi connectivity index (χ3n) is 4.44. The molecule has 6 nitrogen and oxygen atoms in total. The van der Waals surface area contributed by atoms with Crippen molar-refractivity contribution < 1.29 is 27.2 Å². The van der Waals surface area contributed by atoms with E-state index in [4.69, 9.17) is 0 Å². The summed E-state index contributed by atoms with van der Waals surface area (Å²) in [5.41, 5.74) is -3.64. The number of benzene rings is 1. The molecule has 0 aliphatic heterocycles. The highest BCUT2D eigenvalue weighted by atomic mass is 19.4. The van der Waals surface area contributed by atoms with Gasteiger partial charge in [-0.3, -0.25) is 9.48 Å². The summed E-state index contributed by atoms with van der Waals surface area (Å²) in [6.45, 7) is 0. The Labute approximate surface area is 169 Å². The number of oxime groups is 1. The van der Waals surface area contributed by atoms with Gasteiger partial charge in [-0.15, -0.1) is 0 Å². The Morgan fingerprint density at radius 3 is 2.77 bits per heavy atom. The molecular weight excluding hydrogens is 404 g/mol. The van der Waals surface area contributed by atoms with Crippen molar-refractivity contribution >= 4 is 17.8 Å². The Morgan fingerprint density at radius 1 is 1.37 bits per heavy atom. The van der Waals surface area contributed by atoms with E-state index >= 15 is 4.39 Å². The molecule has 0 fully saturated rings. The van der Waals surface area contributed by atoms with Crippen molar-refractivity contribution in [3.05, 3.63) is 71.1 Å². The molecule has 3 rings (SSSR count). The predicted octanol–water partition coefficient (Wildman–Crippen LogP) is 4.35. The van der Waals surface area contributed by atoms with Crippen LogP contribution in [0.4, 0.5) is 23.2 Å². The summed E-state index contributed by atoms with van der Waals surface area (Å²) in [7, 11) is 2.57. The number of allylic oxidation sites excluding steroid dienone is 4. The van der Waals surface area contributed by atoms with Crippen molar-refractivity contribution in [1.82, 2.24) is 9.78 Å². The van der Waals surface area contributed by atoms with E-state index in [1.165, 1.54) is 44.7 Å². The Morgan fingerprint density at radius 2 is 2.13 bits per heavy atom. The number of nitrogens with zero attached hydrogens (tertiary/aromatic N) is 3. The van der Waals surface area contributed by atoms with Crippen LogP contribution >= 0.6 is 0 Å². The number of hydrogen-bond donors (Lipinski definition) is 1. The Bertz CT molecular complexity index is 1040. The minimum absolute atomic E-state index is 0.00205. The zero-order valence-corrected chi connectivity index (χ0v) is 16.1. The molecule has 1 unspecified atom stereocenters. The van der Waals surface area contributed by atoms with Gasteiger partial charge in [0, 0.05) is 30.8 Å². The molecular formula is C20H18F4N4O2. The quantitative estimate of drug-likeness (QED) is 0.443. The second-order valence-electron chi connectivity index (χ2n) is 6.56. The van der Waals surface area contributed by atoms with Crippen molar-refractivity contribution in [3.8, 4) is 0 Å². The van der Waals surface area contributed by atoms with E-state index in [0.717, 1.165) is 10.9 Å². The van der Waals surface area contributed by atoms with Crippen LogP contribution < -0.4 is 5.32 Å². The summed E-state index contributed by atoms with van der Waals surface area (Å²) in [5, 5.41) is 9.37. The van der Waals surface area contributed by atoms with Crippen molar-refractivity contribution in [1.29, 1.82) is 0 Å². The van der Waals surface area contributed by atoms with E-state index in [2.05, 4.69) is 20.4 Å². The highest BCUT2D eigenvalue weighted by Crippen LogP contribution is 2.40. The normalized spacial score (nSPS) is 18.7. The fourth-order valence-electron chi connectivity index (χ4n) is 3.11. The summed E-state index contributed by atoms with van der Waals surface area (Å²) < 4.78 is 56.3. The number of alkyl halides is 4. The van der Waals surface area contributed by atoms with Gasteiger partial charge in [0.15, 0.2) is 11.4 Å². The zero-order valence-electron chi connectivity index (χ0n) is 16.1. The van der Waals surface area contributed by atoms with Gasteiger partial charge in [-0.25, -0.2) is 4.39 Å². The fraction of sp³-hybridized carbons (Fsp3) is 0.250. The molecule has 1 amide bonds. The lowest BCUT2D eigenvalue weighted by molar-refractivity contribution is -0.141. The molecule has 1 atom stereocenters. The Balaban J connectivity index is 2.09. The molecule has 0 saturated heterocycles. The van der Waals surface area contributed by atoms with Gasteiger partial charge in [0.05, 0.1) is 17.5 Å². The molecule has 1 aromatic heterocycles. The van der Waals surface area contributed by atoms with Crippen LogP contribution in [-0.4, -0.2) is 29.0 Å². The van der Waals surface area contributed by atoms with Gasteiger partial charge in [0.25, 0.3) is 5.91 Å². The second kappa shape index (κ2) is 8.13. The maximum atomic E-state index is 15.6. The fourth-order valence-corrected chi connectivity index (χ4v) is 3.11. The van der Waals surface area contributed by atoms with Gasteiger partial charge >= 0.3 is 6.18 Å². The van der Waals surface area contributed by atoms with E-state index in [0.29, 0.717) is 0 Å². The molecule has 2 aromatic rings. The zero-order chi connectivity index (χ0) is 21.9. The van der Waals surface area contributed by atoms with Crippen molar-refractivity contribution in [3.63, 3.8) is 0 Å². The van der Waals surface area contributed by atoms with Crippen LogP contribution in [0.2, 0.25) is 0 Å². The Kier molecular flexibility index (Phi) is 5.77. The van der Waals surface area contributed by atoms with Crippen molar-refractivity contribution in [2.75, 3.05) is 12.4 Å². The number of carbonyl (C=O) groups is 1. The smallest absolute Gasteiger partial charge is 0.399 e. The maximum absolute atomic E-state index is 15.6. The molecule has 1 aliphatic carbocycles. The lowest BCUT2D eigenvalue weighted by Crippen LogP contribution is -2.24. The molecule has 0 radical (unpaired) electrons. The first-order valence-electron chi connectivity index (χ1n) is 8.81. The SMILES string of the molecule is CO/N=C\c1cccc(C2(F)C=CC=CC2)c1NC(=O)c1cn(C)nc1C(F)(F)F. The van der Waals surface area contributed by atoms with Crippen LogP contribution in [0.5, 0.6) is 0 Å². The summed E-state index contributed by atoms with van der Waals surface area (Å²) in [6, 6.07) is 4.54. The molecule has 0 saturated carbocycles. The number of aryl methyl sites for hydroxylation is 1. The van der Waals surface area contributed by atoms with Gasteiger partial charge in [0.1, 0.15) is 7.11 Å². The first-order chi connectivity index (χ1) is 14.2. The molecule has 0 spiro atoms. The number of amides is 1. The average Bonchev–Trinajstić information content (AvgIpc) is 3.10. The first kappa shape index (κ1) is 21.3. The number of para-hydroxylation sites is 1. The van der Waals surface area contributed by atoms with Crippen LogP contribution in [0, 0.1) is 0 Å². The van der Waals surface area contributed by atoms with Crippen LogP contribution in [0.1, 0.15) is 33.6 Å². The molecule has 1 N–H and O–H groups in total. The van der Waals surface area contributed by atoms with Gasteiger partial charge in [-0.05, 0) is 6.08 Å². The summed E-state index contributed by atoms with van der Waals surface area (Å²) >= 11 is 0. The molecule has 158 valence electrons. The highest BCUT2D eigenvalue weighted by molar-refractivity contribution is 6.08. The number of rotatable bonds is 5. The number of aromatic nitrogens is 2. The van der Waals surface area contributed by atoms with E-state index in [9.17, 15) is 18.0 Å². The topological polar surface area (TPSA) is 68.5 Å². The Hall–Kier alpha value is -3.43. The number of hydrogen-bond acceptors (Lipinski definition) is 4. The van der Waals surface area contributed by atoms with Crippen LogP contribution in [0.15, 0.2) is 53.9 Å². The minimum Gasteiger partial charge on any atom is -0.399 e. The molecule has 0 bridgehead atoms. The average molecular weight is 422 g/mol. The van der Waals surface area contributed by atoms with E-state index in [-0.39, 0.29) is 23.2 Å². The van der Waals surface area contributed by atoms with Gasteiger partial charge < -0.3 is 10.2 Å². The molecule has 1 heterocycles. The third-order valence-corrected chi connectivity index (χ3v) is 4.44. The largest absolute Gasteiger partial charge is 0.435 e. The van der Waals surface area contributed by atoms with Crippen LogP contribution in [-0.2, 0) is 23.7 Å². The second-order valence-corrected chi connectivity index (χ2v) is 6.56. The van der Waals surface area contributed by atoms with E-state index < -0.39 is 29.0 Å². The number of halogens is 4. The number of carbonyl (C=O) groups excluding carboxylic acids is 1. The summed E-state index contributed by atoms with van der Waals surface area (Å²) in [4.78, 5) is 17.4. The molecule has 10 heteroatoms. The third kappa shape index (κ3) is 4.27. The van der Waals surface area contributed by atoms with Gasteiger partial charge in [0.2, 0.25) is 0 Å². The van der Waals surface area contributed by atoms with Crippen LogP contribution in [0.25, 0.3) is 0 Å². The predicted molar refractivity (Wildman–Crippen MR) is 103 cm³/mol. The van der Waals surface area contributed by atoms with Crippen LogP contribution in [0.3, 0.4) is 0 Å². The monoisotopic (exact) mass is 422 g/mol. The summed E-state index contributed by atoms with van der Waals surface area (Å²) in [6.07, 6.45) is 3.50. The number of anilines is 1. The van der Waals surface area contributed by atoms with Gasteiger partial charge in [-0.1, -0.05) is 41.6 Å². The molecule has 1 aromatic carbocycles. The van der Waals surface area contributed by atoms with Crippen molar-refractivity contribution in [2.24, 2.45) is 12.2 Å². The number of nitrogens with one attached hydrogen (secondary N) is 1. The molecule has 1 aliphatic rings. The summed E-state index contributed by atoms with van der Waals surface area (Å²) in [5.74, 6) is -1.08. The van der Waals surface area contributed by atoms with Gasteiger partial charge in [-0.2, -0.15) is 18.3 Å². The highest BCUT2D eigenvalue weighted by Gasteiger charge is 2.39. The first-order valence-corrected chi connectivity index (χ1v) is 8.81. The lowest BCUT2D eigenvalue weighted by Gasteiger charge is -2.26. The standard InChI is InChI=1S/C20H18F4N4O2/c1-28-12-14(17(27-28)20(22,23)24)18(29)26-16-13(11-25-30-2)7-6-8-15(16)19(21)9-4-3-5-10-19/h3-9,11-12H,10H2,1-2H3,(H,26,29)/b25-11-. The minimum atomic E-state index is -4.83. The van der Waals surface area contributed by atoms with E-state index in [1.807, 2.05) is 0 Å². The maximum Gasteiger partial charge on any atom is 0.435 e.